The fourth-order valence-corrected chi connectivity index (χ4v) is 4.38. The molecule has 2 saturated heterocycles. The lowest BCUT2D eigenvalue weighted by Gasteiger charge is -2.31. The Morgan fingerprint density at radius 3 is 2.48 bits per heavy atom. The number of carboxylic acids is 1. The molecule has 3 rings (SSSR count). The van der Waals surface area contributed by atoms with Gasteiger partial charge in [0.2, 0.25) is 0 Å². The Morgan fingerprint density at radius 2 is 1.93 bits per heavy atom. The van der Waals surface area contributed by atoms with Crippen LogP contribution in [0.4, 0.5) is 4.39 Å². The summed E-state index contributed by atoms with van der Waals surface area (Å²) in [7, 11) is -4.17. The number of nitrogens with zero attached hydrogens (tertiary/aromatic N) is 1. The number of fused-ring (bicyclic) bond motifs is 2. The van der Waals surface area contributed by atoms with Crippen molar-refractivity contribution in [3.63, 3.8) is 0 Å². The highest BCUT2D eigenvalue weighted by atomic mass is 32.2. The molecule has 2 aliphatic heterocycles. The monoisotopic (exact) mass is 402 g/mol. The van der Waals surface area contributed by atoms with Crippen LogP contribution in [0.2, 0.25) is 0 Å². The van der Waals surface area contributed by atoms with Crippen molar-refractivity contribution >= 4 is 22.1 Å². The molecule has 2 bridgehead atoms. The maximum atomic E-state index is 14.0. The van der Waals surface area contributed by atoms with Gasteiger partial charge in [0, 0.05) is 13.1 Å². The molecule has 2 heterocycles. The lowest BCUT2D eigenvalue weighted by atomic mass is 10.1. The van der Waals surface area contributed by atoms with Crippen molar-refractivity contribution in [1.29, 1.82) is 0 Å². The number of aromatic carboxylic acids is 1. The first-order chi connectivity index (χ1) is 12.7. The lowest BCUT2D eigenvalue weighted by molar-refractivity contribution is -0.0117. The van der Waals surface area contributed by atoms with Gasteiger partial charge in [-0.2, -0.15) is 12.7 Å². The van der Waals surface area contributed by atoms with Crippen molar-refractivity contribution in [2.45, 2.75) is 32.0 Å². The zero-order valence-electron chi connectivity index (χ0n) is 14.5. The molecule has 2 atom stereocenters. The van der Waals surface area contributed by atoms with Gasteiger partial charge in [-0.05, 0) is 31.9 Å². The van der Waals surface area contributed by atoms with E-state index in [9.17, 15) is 22.4 Å². The van der Waals surface area contributed by atoms with Crippen LogP contribution in [-0.4, -0.2) is 61.6 Å². The first-order valence-electron chi connectivity index (χ1n) is 8.38. The van der Waals surface area contributed by atoms with Gasteiger partial charge in [-0.3, -0.25) is 4.79 Å². The van der Waals surface area contributed by atoms with Crippen molar-refractivity contribution in [3.8, 4) is 5.75 Å². The summed E-state index contributed by atoms with van der Waals surface area (Å²) < 4.78 is 52.8. The largest absolute Gasteiger partial charge is 0.493 e. The van der Waals surface area contributed by atoms with Gasteiger partial charge >= 0.3 is 16.2 Å². The second kappa shape index (κ2) is 7.41. The SMILES string of the molecule is CCOc1cc(C(=O)O)c(F)cc1C(=O)NS(=O)(=O)N1CC2CCC(C1)O2. The average Bonchev–Trinajstić information content (AvgIpc) is 2.93. The molecule has 0 aliphatic carbocycles. The molecule has 1 amide bonds. The molecule has 1 aromatic rings. The molecule has 0 saturated carbocycles. The van der Waals surface area contributed by atoms with Crippen molar-refractivity contribution in [1.82, 2.24) is 9.03 Å². The Bertz CT molecular complexity index is 862. The van der Waals surface area contributed by atoms with E-state index < -0.39 is 39.0 Å². The van der Waals surface area contributed by atoms with Crippen LogP contribution in [-0.2, 0) is 14.9 Å². The second-order valence-electron chi connectivity index (χ2n) is 6.28. The highest BCUT2D eigenvalue weighted by molar-refractivity contribution is 7.87. The zero-order valence-corrected chi connectivity index (χ0v) is 15.3. The van der Waals surface area contributed by atoms with E-state index in [0.717, 1.165) is 23.2 Å². The minimum atomic E-state index is -4.17. The predicted octanol–water partition coefficient (Wildman–Crippen LogP) is 0.760. The number of carboxylic acid groups (broad SMARTS) is 1. The van der Waals surface area contributed by atoms with E-state index >= 15 is 0 Å². The molecule has 0 spiro atoms. The molecule has 2 aliphatic rings. The Labute approximate surface area is 155 Å². The maximum absolute atomic E-state index is 14.0. The molecule has 2 unspecified atom stereocenters. The number of morpholine rings is 1. The van der Waals surface area contributed by atoms with Crippen molar-refractivity contribution < 1.29 is 37.0 Å². The molecule has 11 heteroatoms. The van der Waals surface area contributed by atoms with Crippen LogP contribution in [0.25, 0.3) is 0 Å². The first kappa shape index (κ1) is 19.5. The predicted molar refractivity (Wildman–Crippen MR) is 90.4 cm³/mol. The van der Waals surface area contributed by atoms with Crippen molar-refractivity contribution in [3.05, 3.63) is 29.1 Å². The summed E-state index contributed by atoms with van der Waals surface area (Å²) >= 11 is 0. The quantitative estimate of drug-likeness (QED) is 0.720. The minimum Gasteiger partial charge on any atom is -0.493 e. The van der Waals surface area contributed by atoms with Gasteiger partial charge in [0.15, 0.2) is 0 Å². The van der Waals surface area contributed by atoms with Crippen LogP contribution >= 0.6 is 0 Å². The Hall–Kier alpha value is -2.24. The third kappa shape index (κ3) is 4.04. The normalized spacial score (nSPS) is 22.4. The summed E-state index contributed by atoms with van der Waals surface area (Å²) in [6.07, 6.45) is 1.09. The molecule has 9 nitrogen and oxygen atoms in total. The first-order valence-corrected chi connectivity index (χ1v) is 9.82. The summed E-state index contributed by atoms with van der Waals surface area (Å²) in [5, 5.41) is 8.99. The number of ether oxygens (including phenoxy) is 2. The molecule has 27 heavy (non-hydrogen) atoms. The van der Waals surface area contributed by atoms with E-state index in [1.54, 1.807) is 6.92 Å². The van der Waals surface area contributed by atoms with E-state index in [1.807, 2.05) is 4.72 Å². The number of carbonyl (C=O) groups is 2. The number of hydrogen-bond acceptors (Lipinski definition) is 6. The van der Waals surface area contributed by atoms with Crippen LogP contribution in [0.5, 0.6) is 5.75 Å². The Kier molecular flexibility index (Phi) is 5.36. The third-order valence-electron chi connectivity index (χ3n) is 4.42. The highest BCUT2D eigenvalue weighted by Crippen LogP contribution is 2.28. The van der Waals surface area contributed by atoms with E-state index in [4.69, 9.17) is 14.6 Å². The number of rotatable bonds is 6. The summed E-state index contributed by atoms with van der Waals surface area (Å²) in [5.41, 5.74) is -1.08. The zero-order chi connectivity index (χ0) is 19.8. The number of halogens is 1. The topological polar surface area (TPSA) is 122 Å². The fourth-order valence-electron chi connectivity index (χ4n) is 3.18. The Balaban J connectivity index is 1.84. The molecule has 148 valence electrons. The van der Waals surface area contributed by atoms with E-state index in [2.05, 4.69) is 0 Å². The molecule has 0 radical (unpaired) electrons. The molecule has 0 aromatic heterocycles. The third-order valence-corrected chi connectivity index (χ3v) is 5.84. The van der Waals surface area contributed by atoms with Gasteiger partial charge in [-0.25, -0.2) is 13.9 Å². The van der Waals surface area contributed by atoms with Gasteiger partial charge in [0.25, 0.3) is 5.91 Å². The van der Waals surface area contributed by atoms with Crippen molar-refractivity contribution in [2.75, 3.05) is 19.7 Å². The number of carbonyl (C=O) groups excluding carboxylic acids is 1. The summed E-state index contributed by atoms with van der Waals surface area (Å²) in [5.74, 6) is -4.02. The number of benzene rings is 1. The van der Waals surface area contributed by atoms with Gasteiger partial charge in [-0.1, -0.05) is 0 Å². The minimum absolute atomic E-state index is 0.0740. The van der Waals surface area contributed by atoms with Crippen LogP contribution < -0.4 is 9.46 Å². The van der Waals surface area contributed by atoms with Crippen LogP contribution in [0.15, 0.2) is 12.1 Å². The van der Waals surface area contributed by atoms with Crippen LogP contribution in [0.1, 0.15) is 40.5 Å². The second-order valence-corrected chi connectivity index (χ2v) is 7.95. The maximum Gasteiger partial charge on any atom is 0.338 e. The van der Waals surface area contributed by atoms with Gasteiger partial charge in [0.05, 0.1) is 29.9 Å². The van der Waals surface area contributed by atoms with Crippen LogP contribution in [0.3, 0.4) is 0 Å². The van der Waals surface area contributed by atoms with E-state index in [0.29, 0.717) is 6.07 Å². The average molecular weight is 402 g/mol. The number of nitrogens with one attached hydrogen (secondary N) is 1. The van der Waals surface area contributed by atoms with E-state index in [1.165, 1.54) is 0 Å². The van der Waals surface area contributed by atoms with Gasteiger partial charge in [0.1, 0.15) is 11.6 Å². The number of hydrogen-bond donors (Lipinski definition) is 2. The summed E-state index contributed by atoms with van der Waals surface area (Å²) in [4.78, 5) is 23.5. The molecular formula is C16H19FN2O7S. The summed E-state index contributed by atoms with van der Waals surface area (Å²) in [6, 6.07) is 1.51. The lowest BCUT2D eigenvalue weighted by Crippen LogP contribution is -2.51. The smallest absolute Gasteiger partial charge is 0.338 e. The molecular weight excluding hydrogens is 383 g/mol. The van der Waals surface area contributed by atoms with Gasteiger partial charge < -0.3 is 14.6 Å². The molecule has 2 fully saturated rings. The highest BCUT2D eigenvalue weighted by Gasteiger charge is 2.39. The fraction of sp³-hybridized carbons (Fsp3) is 0.500. The summed E-state index contributed by atoms with van der Waals surface area (Å²) in [6.45, 7) is 1.92. The standard InChI is InChI=1S/C16H19FN2O7S/c1-2-25-14-6-11(16(21)22)13(17)5-12(14)15(20)18-27(23,24)19-7-9-3-4-10(8-19)26-9/h5-6,9-10H,2-4,7-8H2,1H3,(H,18,20)(H,21,22). The molecule has 2 N–H and O–H groups in total. The van der Waals surface area contributed by atoms with Crippen LogP contribution in [0, 0.1) is 5.82 Å². The van der Waals surface area contributed by atoms with Crippen molar-refractivity contribution in [2.24, 2.45) is 0 Å². The van der Waals surface area contributed by atoms with Gasteiger partial charge in [-0.15, -0.1) is 0 Å². The Morgan fingerprint density at radius 1 is 1.30 bits per heavy atom. The molecule has 1 aromatic carbocycles. The van der Waals surface area contributed by atoms with E-state index in [-0.39, 0.29) is 37.7 Å². The number of amides is 1.